The van der Waals surface area contributed by atoms with Gasteiger partial charge in [0.05, 0.1) is 11.4 Å². The SMILES string of the molecule is CC(C)=C(C)OCC(=O)N1CCCC(c2nnn(-c3cccc(C)c3)n2)C1. The Hall–Kier alpha value is -2.70. The first-order chi connectivity index (χ1) is 12.9. The Labute approximate surface area is 160 Å². The average molecular weight is 369 g/mol. The summed E-state index contributed by atoms with van der Waals surface area (Å²) in [6.45, 7) is 9.29. The Kier molecular flexibility index (Phi) is 5.88. The Morgan fingerprint density at radius 3 is 2.85 bits per heavy atom. The molecule has 1 amide bonds. The highest BCUT2D eigenvalue weighted by atomic mass is 16.5. The second-order valence-electron chi connectivity index (χ2n) is 7.30. The number of allylic oxidation sites excluding steroid dienone is 2. The van der Waals surface area contributed by atoms with E-state index in [-0.39, 0.29) is 18.4 Å². The summed E-state index contributed by atoms with van der Waals surface area (Å²) < 4.78 is 5.57. The van der Waals surface area contributed by atoms with Crippen LogP contribution in [0.3, 0.4) is 0 Å². The van der Waals surface area contributed by atoms with Gasteiger partial charge >= 0.3 is 0 Å². The summed E-state index contributed by atoms with van der Waals surface area (Å²) in [5, 5.41) is 13.0. The van der Waals surface area contributed by atoms with E-state index < -0.39 is 0 Å². The minimum atomic E-state index is 0.00590. The molecule has 0 aliphatic carbocycles. The lowest BCUT2D eigenvalue weighted by atomic mass is 9.97. The highest BCUT2D eigenvalue weighted by Crippen LogP contribution is 2.24. The summed E-state index contributed by atoms with van der Waals surface area (Å²) >= 11 is 0. The molecule has 1 aliphatic heterocycles. The van der Waals surface area contributed by atoms with E-state index in [0.717, 1.165) is 42.0 Å². The molecule has 0 saturated carbocycles. The number of tetrazole rings is 1. The van der Waals surface area contributed by atoms with Crippen LogP contribution in [0.5, 0.6) is 0 Å². The van der Waals surface area contributed by atoms with Crippen molar-refractivity contribution in [2.45, 2.75) is 46.5 Å². The number of piperidine rings is 1. The highest BCUT2D eigenvalue weighted by molar-refractivity contribution is 5.77. The zero-order chi connectivity index (χ0) is 19.4. The van der Waals surface area contributed by atoms with E-state index in [9.17, 15) is 4.79 Å². The molecule has 27 heavy (non-hydrogen) atoms. The summed E-state index contributed by atoms with van der Waals surface area (Å²) in [6.07, 6.45) is 1.88. The standard InChI is InChI=1S/C20H27N5O2/c1-14(2)16(4)27-13-19(26)24-10-6-8-17(12-24)20-21-23-25(22-20)18-9-5-7-15(3)11-18/h5,7,9,11,17H,6,8,10,12-13H2,1-4H3. The number of amides is 1. The van der Waals surface area contributed by atoms with Crippen LogP contribution in [0, 0.1) is 6.92 Å². The van der Waals surface area contributed by atoms with Gasteiger partial charge in [-0.25, -0.2) is 0 Å². The molecule has 0 bridgehead atoms. The van der Waals surface area contributed by atoms with Crippen molar-refractivity contribution in [3.05, 3.63) is 47.0 Å². The topological polar surface area (TPSA) is 73.1 Å². The maximum Gasteiger partial charge on any atom is 0.260 e. The lowest BCUT2D eigenvalue weighted by molar-refractivity contribution is -0.136. The van der Waals surface area contributed by atoms with Crippen LogP contribution in [-0.4, -0.2) is 50.7 Å². The molecule has 7 nitrogen and oxygen atoms in total. The van der Waals surface area contributed by atoms with Crippen molar-refractivity contribution in [1.29, 1.82) is 0 Å². The molecule has 7 heteroatoms. The summed E-state index contributed by atoms with van der Waals surface area (Å²) in [6, 6.07) is 7.98. The van der Waals surface area contributed by atoms with Gasteiger partial charge in [0.25, 0.3) is 5.91 Å². The van der Waals surface area contributed by atoms with Gasteiger partial charge in [-0.2, -0.15) is 0 Å². The van der Waals surface area contributed by atoms with E-state index in [4.69, 9.17) is 4.74 Å². The van der Waals surface area contributed by atoms with Crippen molar-refractivity contribution in [1.82, 2.24) is 25.1 Å². The first-order valence-corrected chi connectivity index (χ1v) is 9.35. The van der Waals surface area contributed by atoms with Gasteiger partial charge in [0.15, 0.2) is 12.4 Å². The number of aryl methyl sites for hydroxylation is 1. The van der Waals surface area contributed by atoms with Crippen molar-refractivity contribution >= 4 is 5.91 Å². The average Bonchev–Trinajstić information content (AvgIpc) is 3.16. The quantitative estimate of drug-likeness (QED) is 0.758. The van der Waals surface area contributed by atoms with Crippen LogP contribution in [0.4, 0.5) is 0 Å². The second kappa shape index (κ2) is 8.33. The Balaban J connectivity index is 1.64. The van der Waals surface area contributed by atoms with E-state index in [1.807, 2.05) is 56.9 Å². The monoisotopic (exact) mass is 369 g/mol. The van der Waals surface area contributed by atoms with Gasteiger partial charge in [-0.05, 0) is 69.0 Å². The second-order valence-corrected chi connectivity index (χ2v) is 7.30. The minimum absolute atomic E-state index is 0.00590. The maximum atomic E-state index is 12.5. The van der Waals surface area contributed by atoms with E-state index in [0.29, 0.717) is 12.4 Å². The van der Waals surface area contributed by atoms with Gasteiger partial charge in [0, 0.05) is 19.0 Å². The summed E-state index contributed by atoms with van der Waals surface area (Å²) in [5.41, 5.74) is 3.12. The zero-order valence-corrected chi connectivity index (χ0v) is 16.5. The van der Waals surface area contributed by atoms with Crippen LogP contribution in [0.2, 0.25) is 0 Å². The number of nitrogens with zero attached hydrogens (tertiary/aromatic N) is 5. The highest BCUT2D eigenvalue weighted by Gasteiger charge is 2.28. The van der Waals surface area contributed by atoms with Crippen LogP contribution in [0.1, 0.15) is 50.9 Å². The molecule has 0 spiro atoms. The molecule has 1 saturated heterocycles. The number of hydrogen-bond donors (Lipinski definition) is 0. The Morgan fingerprint density at radius 2 is 2.11 bits per heavy atom. The fraction of sp³-hybridized carbons (Fsp3) is 0.500. The molecular weight excluding hydrogens is 342 g/mol. The van der Waals surface area contributed by atoms with Crippen LogP contribution >= 0.6 is 0 Å². The first kappa shape index (κ1) is 19.1. The number of ether oxygens (including phenoxy) is 1. The van der Waals surface area contributed by atoms with Gasteiger partial charge in [-0.15, -0.1) is 15.0 Å². The van der Waals surface area contributed by atoms with E-state index in [2.05, 4.69) is 15.4 Å². The lowest BCUT2D eigenvalue weighted by Gasteiger charge is -2.31. The van der Waals surface area contributed by atoms with Crippen molar-refractivity contribution in [2.24, 2.45) is 0 Å². The van der Waals surface area contributed by atoms with Crippen molar-refractivity contribution < 1.29 is 9.53 Å². The van der Waals surface area contributed by atoms with Crippen molar-refractivity contribution in [3.63, 3.8) is 0 Å². The number of carbonyl (C=O) groups excluding carboxylic acids is 1. The molecule has 2 heterocycles. The first-order valence-electron chi connectivity index (χ1n) is 9.35. The Morgan fingerprint density at radius 1 is 1.30 bits per heavy atom. The molecule has 1 aromatic carbocycles. The number of benzene rings is 1. The largest absolute Gasteiger partial charge is 0.488 e. The predicted molar refractivity (Wildman–Crippen MR) is 102 cm³/mol. The molecule has 1 aromatic heterocycles. The van der Waals surface area contributed by atoms with Crippen molar-refractivity contribution in [3.8, 4) is 5.69 Å². The van der Waals surface area contributed by atoms with E-state index in [1.165, 1.54) is 0 Å². The van der Waals surface area contributed by atoms with E-state index in [1.54, 1.807) is 4.80 Å². The van der Waals surface area contributed by atoms with Gasteiger partial charge in [0.2, 0.25) is 0 Å². The van der Waals surface area contributed by atoms with Gasteiger partial charge < -0.3 is 9.64 Å². The number of hydrogen-bond acceptors (Lipinski definition) is 5. The molecular formula is C20H27N5O2. The number of carbonyl (C=O) groups is 1. The Bertz CT molecular complexity index is 838. The third-order valence-electron chi connectivity index (χ3n) is 4.92. The molecule has 0 radical (unpaired) electrons. The smallest absolute Gasteiger partial charge is 0.260 e. The number of likely N-dealkylation sites (tertiary alicyclic amines) is 1. The number of aromatic nitrogens is 4. The van der Waals surface area contributed by atoms with Crippen LogP contribution < -0.4 is 0 Å². The van der Waals surface area contributed by atoms with Gasteiger partial charge in [-0.3, -0.25) is 4.79 Å². The fourth-order valence-corrected chi connectivity index (χ4v) is 3.07. The molecule has 1 fully saturated rings. The fourth-order valence-electron chi connectivity index (χ4n) is 3.07. The van der Waals surface area contributed by atoms with Crippen LogP contribution in [0.15, 0.2) is 35.6 Å². The van der Waals surface area contributed by atoms with E-state index >= 15 is 0 Å². The zero-order valence-electron chi connectivity index (χ0n) is 16.5. The molecule has 3 rings (SSSR count). The summed E-state index contributed by atoms with van der Waals surface area (Å²) in [5.74, 6) is 1.60. The lowest BCUT2D eigenvalue weighted by Crippen LogP contribution is -2.41. The molecule has 2 aromatic rings. The van der Waals surface area contributed by atoms with Crippen molar-refractivity contribution in [2.75, 3.05) is 19.7 Å². The normalized spacial score (nSPS) is 16.9. The van der Waals surface area contributed by atoms with Crippen LogP contribution in [-0.2, 0) is 9.53 Å². The molecule has 0 N–H and O–H groups in total. The maximum absolute atomic E-state index is 12.5. The number of rotatable bonds is 5. The molecule has 1 atom stereocenters. The molecule has 1 aliphatic rings. The van der Waals surface area contributed by atoms with Gasteiger partial charge in [-0.1, -0.05) is 12.1 Å². The minimum Gasteiger partial charge on any atom is -0.488 e. The van der Waals surface area contributed by atoms with Crippen LogP contribution in [0.25, 0.3) is 5.69 Å². The predicted octanol–water partition coefficient (Wildman–Crippen LogP) is 3.01. The summed E-state index contributed by atoms with van der Waals surface area (Å²) in [7, 11) is 0. The third-order valence-corrected chi connectivity index (χ3v) is 4.92. The van der Waals surface area contributed by atoms with Gasteiger partial charge in [0.1, 0.15) is 0 Å². The third kappa shape index (κ3) is 4.72. The molecule has 144 valence electrons. The molecule has 1 unspecified atom stereocenters. The summed E-state index contributed by atoms with van der Waals surface area (Å²) in [4.78, 5) is 15.9.